The van der Waals surface area contributed by atoms with Crippen LogP contribution in [0.1, 0.15) is 17.5 Å². The molecule has 0 atom stereocenters. The molecular weight excluding hydrogens is 321 g/mol. The highest BCUT2D eigenvalue weighted by molar-refractivity contribution is 9.10. The lowest BCUT2D eigenvalue weighted by Crippen LogP contribution is -2.13. The minimum Gasteiger partial charge on any atom is -0.324 e. The zero-order valence-electron chi connectivity index (χ0n) is 11.1. The van der Waals surface area contributed by atoms with Crippen molar-refractivity contribution in [2.75, 3.05) is 5.32 Å². The third kappa shape index (κ3) is 4.17. The van der Waals surface area contributed by atoms with Crippen molar-refractivity contribution in [3.05, 3.63) is 63.9 Å². The van der Waals surface area contributed by atoms with Crippen LogP contribution in [0.25, 0.3) is 0 Å². The van der Waals surface area contributed by atoms with Gasteiger partial charge in [0.2, 0.25) is 5.91 Å². The molecule has 0 aliphatic carbocycles. The van der Waals surface area contributed by atoms with Gasteiger partial charge >= 0.3 is 0 Å². The number of halogens is 2. The van der Waals surface area contributed by atoms with Crippen LogP contribution in [0.3, 0.4) is 0 Å². The van der Waals surface area contributed by atoms with Gasteiger partial charge in [0.1, 0.15) is 5.82 Å². The molecule has 20 heavy (non-hydrogen) atoms. The molecule has 0 aliphatic heterocycles. The Morgan fingerprint density at radius 1 is 1.25 bits per heavy atom. The fourth-order valence-corrected chi connectivity index (χ4v) is 2.33. The van der Waals surface area contributed by atoms with Crippen LogP contribution in [0.5, 0.6) is 0 Å². The lowest BCUT2D eigenvalue weighted by molar-refractivity contribution is -0.116. The van der Waals surface area contributed by atoms with Crippen molar-refractivity contribution in [3.63, 3.8) is 0 Å². The minimum absolute atomic E-state index is 0.187. The van der Waals surface area contributed by atoms with E-state index < -0.39 is 5.82 Å². The van der Waals surface area contributed by atoms with Gasteiger partial charge in [-0.1, -0.05) is 34.1 Å². The largest absolute Gasteiger partial charge is 0.324 e. The second-order valence-electron chi connectivity index (χ2n) is 4.66. The first kappa shape index (κ1) is 14.7. The van der Waals surface area contributed by atoms with Gasteiger partial charge in [-0.3, -0.25) is 4.79 Å². The smallest absolute Gasteiger partial charge is 0.224 e. The van der Waals surface area contributed by atoms with Crippen LogP contribution in [0, 0.1) is 12.7 Å². The van der Waals surface area contributed by atoms with E-state index in [1.807, 2.05) is 31.2 Å². The van der Waals surface area contributed by atoms with Crippen LogP contribution in [0.15, 0.2) is 46.9 Å². The average Bonchev–Trinajstić information content (AvgIpc) is 2.40. The molecule has 2 nitrogen and oxygen atoms in total. The summed E-state index contributed by atoms with van der Waals surface area (Å²) in [6.45, 7) is 1.81. The Morgan fingerprint density at radius 3 is 2.75 bits per heavy atom. The summed E-state index contributed by atoms with van der Waals surface area (Å²) in [6, 6.07) is 12.6. The summed E-state index contributed by atoms with van der Waals surface area (Å²) in [7, 11) is 0. The first-order valence-electron chi connectivity index (χ1n) is 6.35. The maximum Gasteiger partial charge on any atom is 0.224 e. The highest BCUT2D eigenvalue weighted by atomic mass is 79.9. The van der Waals surface area contributed by atoms with Crippen molar-refractivity contribution in [1.82, 2.24) is 0 Å². The molecule has 0 bridgehead atoms. The van der Waals surface area contributed by atoms with Crippen LogP contribution in [-0.4, -0.2) is 5.91 Å². The minimum atomic E-state index is -0.402. The molecule has 104 valence electrons. The molecule has 2 aromatic carbocycles. The number of hydrogen-bond donors (Lipinski definition) is 1. The summed E-state index contributed by atoms with van der Waals surface area (Å²) >= 11 is 3.39. The molecule has 1 amide bonds. The second-order valence-corrected chi connectivity index (χ2v) is 5.58. The maximum absolute atomic E-state index is 13.6. The normalized spacial score (nSPS) is 10.3. The van der Waals surface area contributed by atoms with Crippen LogP contribution in [-0.2, 0) is 11.2 Å². The third-order valence-electron chi connectivity index (χ3n) is 2.93. The monoisotopic (exact) mass is 335 g/mol. The average molecular weight is 336 g/mol. The lowest BCUT2D eigenvalue weighted by Gasteiger charge is -2.07. The van der Waals surface area contributed by atoms with Crippen LogP contribution >= 0.6 is 15.9 Å². The van der Waals surface area contributed by atoms with Crippen LogP contribution in [0.2, 0.25) is 0 Å². The number of nitrogens with one attached hydrogen (secondary N) is 1. The van der Waals surface area contributed by atoms with Gasteiger partial charge in [0.25, 0.3) is 0 Å². The molecule has 0 spiro atoms. The van der Waals surface area contributed by atoms with E-state index >= 15 is 0 Å². The quantitative estimate of drug-likeness (QED) is 0.877. The summed E-state index contributed by atoms with van der Waals surface area (Å²) < 4.78 is 14.6. The fraction of sp³-hybridized carbons (Fsp3) is 0.188. The zero-order valence-corrected chi connectivity index (χ0v) is 12.7. The summed E-state index contributed by atoms with van der Waals surface area (Å²) in [5.74, 6) is -0.589. The molecular formula is C16H15BrFNO. The molecule has 0 aromatic heterocycles. The second kappa shape index (κ2) is 6.66. The number of carbonyl (C=O) groups is 1. The number of benzene rings is 2. The summed E-state index contributed by atoms with van der Waals surface area (Å²) in [5.41, 5.74) is 2.13. The number of hydrogen-bond acceptors (Lipinski definition) is 1. The highest BCUT2D eigenvalue weighted by Gasteiger charge is 2.07. The number of carbonyl (C=O) groups excluding carboxylic acids is 1. The Morgan fingerprint density at radius 2 is 2.05 bits per heavy atom. The number of rotatable bonds is 4. The van der Waals surface area contributed by atoms with Gasteiger partial charge in [-0.05, 0) is 48.7 Å². The summed E-state index contributed by atoms with van der Waals surface area (Å²) in [4.78, 5) is 11.8. The van der Waals surface area contributed by atoms with Gasteiger partial charge in [0, 0.05) is 10.9 Å². The van der Waals surface area contributed by atoms with E-state index in [-0.39, 0.29) is 11.6 Å². The standard InChI is InChI=1S/C16H15BrFNO/c1-11-5-7-15(14(18)9-11)19-16(20)8-6-12-3-2-4-13(17)10-12/h2-5,7,9-10H,6,8H2,1H3,(H,19,20). The molecule has 0 saturated heterocycles. The van der Waals surface area contributed by atoms with Crippen molar-refractivity contribution in [1.29, 1.82) is 0 Å². The summed E-state index contributed by atoms with van der Waals surface area (Å²) in [5, 5.41) is 2.60. The highest BCUT2D eigenvalue weighted by Crippen LogP contribution is 2.16. The molecule has 0 saturated carbocycles. The van der Waals surface area contributed by atoms with Gasteiger partial charge in [-0.25, -0.2) is 4.39 Å². The van der Waals surface area contributed by atoms with E-state index in [9.17, 15) is 9.18 Å². The van der Waals surface area contributed by atoms with E-state index in [2.05, 4.69) is 21.2 Å². The first-order valence-corrected chi connectivity index (χ1v) is 7.14. The SMILES string of the molecule is Cc1ccc(NC(=O)CCc2cccc(Br)c2)c(F)c1. The molecule has 0 heterocycles. The topological polar surface area (TPSA) is 29.1 Å². The Labute approximate surface area is 126 Å². The number of aryl methyl sites for hydroxylation is 2. The van der Waals surface area contributed by atoms with Gasteiger partial charge in [-0.15, -0.1) is 0 Å². The first-order chi connectivity index (χ1) is 9.54. The van der Waals surface area contributed by atoms with Crippen molar-refractivity contribution in [2.45, 2.75) is 19.8 Å². The Balaban J connectivity index is 1.92. The van der Waals surface area contributed by atoms with Crippen LogP contribution in [0.4, 0.5) is 10.1 Å². The Bertz CT molecular complexity index is 628. The van der Waals surface area contributed by atoms with E-state index in [4.69, 9.17) is 0 Å². The van der Waals surface area contributed by atoms with Gasteiger partial charge < -0.3 is 5.32 Å². The molecule has 0 radical (unpaired) electrons. The van der Waals surface area contributed by atoms with Gasteiger partial charge in [-0.2, -0.15) is 0 Å². The van der Waals surface area contributed by atoms with Gasteiger partial charge in [0.15, 0.2) is 0 Å². The van der Waals surface area contributed by atoms with E-state index in [1.54, 1.807) is 12.1 Å². The molecule has 1 N–H and O–H groups in total. The fourth-order valence-electron chi connectivity index (χ4n) is 1.88. The van der Waals surface area contributed by atoms with Crippen molar-refractivity contribution in [2.24, 2.45) is 0 Å². The number of anilines is 1. The summed E-state index contributed by atoms with van der Waals surface area (Å²) in [6.07, 6.45) is 0.947. The lowest BCUT2D eigenvalue weighted by atomic mass is 10.1. The van der Waals surface area contributed by atoms with Crippen molar-refractivity contribution >= 4 is 27.5 Å². The van der Waals surface area contributed by atoms with Crippen LogP contribution < -0.4 is 5.32 Å². The Kier molecular flexibility index (Phi) is 4.90. The maximum atomic E-state index is 13.6. The molecule has 4 heteroatoms. The van der Waals surface area contributed by atoms with E-state index in [0.717, 1.165) is 15.6 Å². The molecule has 2 rings (SSSR count). The number of amides is 1. The molecule has 2 aromatic rings. The van der Waals surface area contributed by atoms with Crippen molar-refractivity contribution in [3.8, 4) is 0 Å². The van der Waals surface area contributed by atoms with Gasteiger partial charge in [0.05, 0.1) is 5.69 Å². The molecule has 0 fully saturated rings. The van der Waals surface area contributed by atoms with E-state index in [0.29, 0.717) is 12.8 Å². The molecule has 0 aliphatic rings. The zero-order chi connectivity index (χ0) is 14.5. The van der Waals surface area contributed by atoms with E-state index in [1.165, 1.54) is 6.07 Å². The Hall–Kier alpha value is -1.68. The third-order valence-corrected chi connectivity index (χ3v) is 3.42. The molecule has 0 unspecified atom stereocenters. The predicted octanol–water partition coefficient (Wildman–Crippen LogP) is 4.47. The van der Waals surface area contributed by atoms with Crippen molar-refractivity contribution < 1.29 is 9.18 Å². The predicted molar refractivity (Wildman–Crippen MR) is 82.2 cm³/mol.